The molecule has 34 heavy (non-hydrogen) atoms. The molecule has 0 spiro atoms. The molecular formula is C27H22ClN5S. The molecule has 0 fully saturated rings. The van der Waals surface area contributed by atoms with Crippen LogP contribution in [0.15, 0.2) is 59.6 Å². The lowest BCUT2D eigenvalue weighted by Gasteiger charge is -2.11. The number of hydrogen-bond acceptors (Lipinski definition) is 5. The molecule has 0 aliphatic carbocycles. The van der Waals surface area contributed by atoms with E-state index in [1.807, 2.05) is 31.2 Å². The Balaban J connectivity index is 1.28. The molecule has 5 nitrogen and oxygen atoms in total. The largest absolute Gasteiger partial charge is 0.294 e. The Morgan fingerprint density at radius 1 is 1.00 bits per heavy atom. The van der Waals surface area contributed by atoms with Gasteiger partial charge in [-0.15, -0.1) is 21.5 Å². The number of nitrogens with zero attached hydrogens (tertiary/aromatic N) is 5. The second-order valence-corrected chi connectivity index (χ2v) is 9.94. The molecule has 6 rings (SSSR count). The van der Waals surface area contributed by atoms with Gasteiger partial charge < -0.3 is 0 Å². The van der Waals surface area contributed by atoms with E-state index in [1.54, 1.807) is 11.3 Å². The van der Waals surface area contributed by atoms with Crippen LogP contribution in [0, 0.1) is 18.8 Å². The zero-order valence-electron chi connectivity index (χ0n) is 18.8. The van der Waals surface area contributed by atoms with E-state index >= 15 is 0 Å². The molecule has 0 atom stereocenters. The molecule has 0 radical (unpaired) electrons. The number of hydrogen-bond donors (Lipinski definition) is 0. The van der Waals surface area contributed by atoms with E-state index in [-0.39, 0.29) is 0 Å². The summed E-state index contributed by atoms with van der Waals surface area (Å²) < 4.78 is 2.10. The molecule has 0 amide bonds. The van der Waals surface area contributed by atoms with Gasteiger partial charge in [-0.25, -0.2) is 0 Å². The van der Waals surface area contributed by atoms with E-state index in [0.29, 0.717) is 11.6 Å². The first-order valence-corrected chi connectivity index (χ1v) is 12.5. The normalized spacial score (nSPS) is 14.5. The molecule has 168 valence electrons. The molecule has 2 aliphatic rings. The highest BCUT2D eigenvalue weighted by Crippen LogP contribution is 2.34. The van der Waals surface area contributed by atoms with Crippen LogP contribution < -0.4 is 0 Å². The van der Waals surface area contributed by atoms with Crippen molar-refractivity contribution in [1.82, 2.24) is 19.7 Å². The first-order chi connectivity index (χ1) is 16.7. The Kier molecular flexibility index (Phi) is 5.54. The number of fused-ring (bicyclic) bond motifs is 4. The minimum Gasteiger partial charge on any atom is -0.294 e. The van der Waals surface area contributed by atoms with E-state index in [9.17, 15) is 0 Å². The predicted octanol–water partition coefficient (Wildman–Crippen LogP) is 5.40. The van der Waals surface area contributed by atoms with E-state index in [0.717, 1.165) is 64.4 Å². The Morgan fingerprint density at radius 2 is 1.76 bits per heavy atom. The van der Waals surface area contributed by atoms with Crippen LogP contribution in [-0.2, 0) is 19.6 Å². The third-order valence-corrected chi connectivity index (χ3v) is 7.61. The second kappa shape index (κ2) is 8.84. The summed E-state index contributed by atoms with van der Waals surface area (Å²) in [5.74, 6) is 8.47. The van der Waals surface area contributed by atoms with Crippen molar-refractivity contribution < 1.29 is 0 Å². The Labute approximate surface area is 207 Å². The topological polar surface area (TPSA) is 46.3 Å². The number of rotatable bonds is 3. The fourth-order valence-corrected chi connectivity index (χ4v) is 5.92. The lowest BCUT2D eigenvalue weighted by molar-refractivity contribution is 0.292. The summed E-state index contributed by atoms with van der Waals surface area (Å²) in [6.45, 7) is 5.42. The highest BCUT2D eigenvalue weighted by Gasteiger charge is 2.25. The summed E-state index contributed by atoms with van der Waals surface area (Å²) in [6.07, 6.45) is 0.832. The fourth-order valence-electron chi connectivity index (χ4n) is 4.60. The minimum absolute atomic E-state index is 0.460. The predicted molar refractivity (Wildman–Crippen MR) is 137 cm³/mol. The molecule has 2 aliphatic heterocycles. The molecule has 4 aromatic rings. The van der Waals surface area contributed by atoms with Gasteiger partial charge in [-0.1, -0.05) is 65.9 Å². The maximum absolute atomic E-state index is 6.55. The highest BCUT2D eigenvalue weighted by molar-refractivity contribution is 7.15. The van der Waals surface area contributed by atoms with Crippen LogP contribution in [0.5, 0.6) is 0 Å². The standard InChI is InChI=1S/C27H22ClN5S/c1-18-30-31-25-15-29-26(22-11-4-5-12-24(22)28)23-14-21(34-27(23)33(18)25)10-6-7-13-32-16-19-8-2-3-9-20(19)17-32/h2-5,8-9,11-12,14H,7,13,15-17H2,1H3. The number of aliphatic imine (C=N–C) groups is 1. The first kappa shape index (κ1) is 21.3. The lowest BCUT2D eigenvalue weighted by atomic mass is 10.0. The monoisotopic (exact) mass is 483 g/mol. The smallest absolute Gasteiger partial charge is 0.160 e. The third-order valence-electron chi connectivity index (χ3n) is 6.24. The van der Waals surface area contributed by atoms with E-state index in [2.05, 4.69) is 61.8 Å². The summed E-state index contributed by atoms with van der Waals surface area (Å²) in [4.78, 5) is 8.36. The summed E-state index contributed by atoms with van der Waals surface area (Å²) in [6, 6.07) is 18.7. The van der Waals surface area contributed by atoms with Gasteiger partial charge >= 0.3 is 0 Å². The second-order valence-electron chi connectivity index (χ2n) is 8.50. The molecule has 0 bridgehead atoms. The lowest BCUT2D eigenvalue weighted by Crippen LogP contribution is -2.17. The Bertz CT molecular complexity index is 1460. The number of benzene rings is 2. The number of aryl methyl sites for hydroxylation is 1. The fraction of sp³-hybridized carbons (Fsp3) is 0.222. The van der Waals surface area contributed by atoms with Gasteiger partial charge in [0, 0.05) is 42.2 Å². The van der Waals surface area contributed by atoms with Crippen LogP contribution in [0.2, 0.25) is 5.02 Å². The molecule has 7 heteroatoms. The van der Waals surface area contributed by atoms with Gasteiger partial charge in [-0.05, 0) is 30.2 Å². The van der Waals surface area contributed by atoms with Crippen LogP contribution in [0.1, 0.15) is 45.2 Å². The maximum atomic E-state index is 6.55. The quantitative estimate of drug-likeness (QED) is 0.366. The van der Waals surface area contributed by atoms with Gasteiger partial charge in [0.1, 0.15) is 17.4 Å². The van der Waals surface area contributed by atoms with Gasteiger partial charge in [-0.2, -0.15) is 0 Å². The zero-order chi connectivity index (χ0) is 23.1. The number of aromatic nitrogens is 3. The Hall–Kier alpha value is -3.24. The van der Waals surface area contributed by atoms with Gasteiger partial charge in [0.05, 0.1) is 10.6 Å². The third kappa shape index (κ3) is 3.86. The maximum Gasteiger partial charge on any atom is 0.160 e. The summed E-state index contributed by atoms with van der Waals surface area (Å²) >= 11 is 8.21. The van der Waals surface area contributed by atoms with Crippen LogP contribution >= 0.6 is 22.9 Å². The van der Waals surface area contributed by atoms with Crippen molar-refractivity contribution in [1.29, 1.82) is 0 Å². The molecule has 4 heterocycles. The summed E-state index contributed by atoms with van der Waals surface area (Å²) in [5, 5.41) is 10.4. The van der Waals surface area contributed by atoms with Gasteiger partial charge in [-0.3, -0.25) is 14.5 Å². The molecule has 0 saturated heterocycles. The van der Waals surface area contributed by atoms with Crippen molar-refractivity contribution in [3.63, 3.8) is 0 Å². The van der Waals surface area contributed by atoms with Crippen molar-refractivity contribution in [3.05, 3.63) is 98.4 Å². The zero-order valence-corrected chi connectivity index (χ0v) is 20.3. The van der Waals surface area contributed by atoms with Crippen LogP contribution in [0.3, 0.4) is 0 Å². The minimum atomic E-state index is 0.460. The summed E-state index contributed by atoms with van der Waals surface area (Å²) in [5.41, 5.74) is 5.70. The number of thiophene rings is 1. The van der Waals surface area contributed by atoms with Gasteiger partial charge in [0.15, 0.2) is 5.82 Å². The van der Waals surface area contributed by atoms with Gasteiger partial charge in [0.25, 0.3) is 0 Å². The summed E-state index contributed by atoms with van der Waals surface area (Å²) in [7, 11) is 0. The number of halogens is 1. The van der Waals surface area contributed by atoms with Crippen LogP contribution in [-0.4, -0.2) is 31.9 Å². The average Bonchev–Trinajstić information content (AvgIpc) is 3.52. The molecule has 0 unspecified atom stereocenters. The van der Waals surface area contributed by atoms with E-state index in [1.165, 1.54) is 11.1 Å². The van der Waals surface area contributed by atoms with Crippen molar-refractivity contribution in [2.75, 3.05) is 6.54 Å². The van der Waals surface area contributed by atoms with E-state index < -0.39 is 0 Å². The van der Waals surface area contributed by atoms with Crippen molar-refractivity contribution in [2.45, 2.75) is 33.0 Å². The van der Waals surface area contributed by atoms with Crippen LogP contribution in [0.25, 0.3) is 5.00 Å². The molecule has 0 N–H and O–H groups in total. The molecule has 0 saturated carbocycles. The molecular weight excluding hydrogens is 462 g/mol. The average molecular weight is 484 g/mol. The first-order valence-electron chi connectivity index (χ1n) is 11.3. The van der Waals surface area contributed by atoms with E-state index in [4.69, 9.17) is 16.6 Å². The molecule has 2 aromatic carbocycles. The molecule has 2 aromatic heterocycles. The Morgan fingerprint density at radius 3 is 2.56 bits per heavy atom. The van der Waals surface area contributed by atoms with Crippen LogP contribution in [0.4, 0.5) is 0 Å². The van der Waals surface area contributed by atoms with Crippen molar-refractivity contribution >= 4 is 28.6 Å². The SMILES string of the molecule is Cc1nnc2n1-c1sc(C#CCCN3Cc4ccccc4C3)cc1C(c1ccccc1Cl)=NC2. The van der Waals surface area contributed by atoms with Crippen molar-refractivity contribution in [2.24, 2.45) is 4.99 Å². The van der Waals surface area contributed by atoms with Gasteiger partial charge in [0.2, 0.25) is 0 Å². The van der Waals surface area contributed by atoms with Crippen molar-refractivity contribution in [3.8, 4) is 16.8 Å². The highest BCUT2D eigenvalue weighted by atomic mass is 35.5.